The lowest BCUT2D eigenvalue weighted by Gasteiger charge is -2.20. The Bertz CT molecular complexity index is 396. The molecule has 0 saturated heterocycles. The highest BCUT2D eigenvalue weighted by Crippen LogP contribution is 2.05. The largest absolute Gasteiger partial charge is 0.396 e. The molecule has 3 heteroatoms. The maximum Gasteiger partial charge on any atom is 0.159 e. The lowest BCUT2D eigenvalue weighted by molar-refractivity contribution is 0.101. The summed E-state index contributed by atoms with van der Waals surface area (Å²) in [5, 5.41) is 8.92. The van der Waals surface area contributed by atoms with Gasteiger partial charge in [0.2, 0.25) is 0 Å². The van der Waals surface area contributed by atoms with Gasteiger partial charge in [0.05, 0.1) is 0 Å². The van der Waals surface area contributed by atoms with Crippen LogP contribution < -0.4 is 0 Å². The predicted molar refractivity (Wildman–Crippen MR) is 94.5 cm³/mol. The van der Waals surface area contributed by atoms with E-state index in [0.717, 1.165) is 31.5 Å². The number of rotatable bonds is 8. The van der Waals surface area contributed by atoms with Crippen molar-refractivity contribution in [3.05, 3.63) is 35.4 Å². The van der Waals surface area contributed by atoms with Crippen LogP contribution in [0.15, 0.2) is 24.3 Å². The highest BCUT2D eigenvalue weighted by Gasteiger charge is 2.06. The van der Waals surface area contributed by atoms with Crippen molar-refractivity contribution in [2.45, 2.75) is 47.0 Å². The number of carbonyl (C=O) groups excluding carboxylic acids is 1. The van der Waals surface area contributed by atoms with Crippen LogP contribution in [0.5, 0.6) is 0 Å². The van der Waals surface area contributed by atoms with Crippen molar-refractivity contribution in [2.75, 3.05) is 26.7 Å². The second kappa shape index (κ2) is 12.4. The standard InChI is InChI=1S/C10H12O.C9H21NO/c1-3-9-4-6-10(7-5-9)8(2)11;1-4-6-10(3)7-9(5-2)8-11/h4-7H,3H2,1-2H3;9,11H,4-8H2,1-3H3. The summed E-state index contributed by atoms with van der Waals surface area (Å²) in [5.74, 6) is 0.596. The van der Waals surface area contributed by atoms with Gasteiger partial charge in [-0.2, -0.15) is 0 Å². The van der Waals surface area contributed by atoms with Gasteiger partial charge in [0, 0.05) is 18.7 Å². The monoisotopic (exact) mass is 307 g/mol. The van der Waals surface area contributed by atoms with Gasteiger partial charge >= 0.3 is 0 Å². The van der Waals surface area contributed by atoms with E-state index in [1.54, 1.807) is 6.92 Å². The van der Waals surface area contributed by atoms with Crippen LogP contribution in [0.2, 0.25) is 0 Å². The van der Waals surface area contributed by atoms with Gasteiger partial charge in [0.25, 0.3) is 0 Å². The lowest BCUT2D eigenvalue weighted by Crippen LogP contribution is -2.27. The molecule has 0 heterocycles. The Labute approximate surface area is 136 Å². The Balaban J connectivity index is 0.000000401. The summed E-state index contributed by atoms with van der Waals surface area (Å²) in [6.07, 6.45) is 3.29. The first kappa shape index (κ1) is 20.8. The highest BCUT2D eigenvalue weighted by molar-refractivity contribution is 5.93. The van der Waals surface area contributed by atoms with E-state index in [0.29, 0.717) is 12.5 Å². The average molecular weight is 307 g/mol. The van der Waals surface area contributed by atoms with Crippen molar-refractivity contribution in [2.24, 2.45) is 5.92 Å². The third kappa shape index (κ3) is 8.96. The molecule has 0 saturated carbocycles. The summed E-state index contributed by atoms with van der Waals surface area (Å²) in [7, 11) is 2.11. The summed E-state index contributed by atoms with van der Waals surface area (Å²) >= 11 is 0. The van der Waals surface area contributed by atoms with Gasteiger partial charge in [-0.1, -0.05) is 45.0 Å². The van der Waals surface area contributed by atoms with Crippen LogP contribution in [-0.2, 0) is 6.42 Å². The van der Waals surface area contributed by atoms with Crippen LogP contribution in [0.1, 0.15) is 56.5 Å². The number of Topliss-reactive ketones (excluding diaryl/α,β-unsaturated/α-hetero) is 1. The number of hydrogen-bond acceptors (Lipinski definition) is 3. The van der Waals surface area contributed by atoms with Crippen LogP contribution in [0.4, 0.5) is 0 Å². The fourth-order valence-electron chi connectivity index (χ4n) is 2.20. The zero-order valence-corrected chi connectivity index (χ0v) is 14.9. The van der Waals surface area contributed by atoms with Crippen molar-refractivity contribution in [3.8, 4) is 0 Å². The first-order valence-corrected chi connectivity index (χ1v) is 8.37. The lowest BCUT2D eigenvalue weighted by atomic mass is 10.1. The molecule has 1 N–H and O–H groups in total. The molecular formula is C19H33NO2. The predicted octanol–water partition coefficient (Wildman–Crippen LogP) is 3.80. The minimum Gasteiger partial charge on any atom is -0.396 e. The topological polar surface area (TPSA) is 40.5 Å². The van der Waals surface area contributed by atoms with Gasteiger partial charge in [0.15, 0.2) is 5.78 Å². The average Bonchev–Trinajstić information content (AvgIpc) is 2.53. The van der Waals surface area contributed by atoms with Crippen LogP contribution in [0.3, 0.4) is 0 Å². The van der Waals surface area contributed by atoms with Crippen LogP contribution in [0, 0.1) is 5.92 Å². The Morgan fingerprint density at radius 2 is 1.77 bits per heavy atom. The van der Waals surface area contributed by atoms with E-state index in [4.69, 9.17) is 5.11 Å². The molecule has 1 aromatic rings. The molecule has 1 unspecified atom stereocenters. The number of aliphatic hydroxyl groups is 1. The van der Waals surface area contributed by atoms with Crippen molar-refractivity contribution >= 4 is 5.78 Å². The van der Waals surface area contributed by atoms with Gasteiger partial charge in [-0.25, -0.2) is 0 Å². The maximum absolute atomic E-state index is 10.8. The van der Waals surface area contributed by atoms with Crippen LogP contribution in [-0.4, -0.2) is 42.5 Å². The van der Waals surface area contributed by atoms with Crippen LogP contribution >= 0.6 is 0 Å². The minimum absolute atomic E-state index is 0.132. The second-order valence-electron chi connectivity index (χ2n) is 5.83. The molecule has 0 aliphatic rings. The molecule has 0 bridgehead atoms. The minimum atomic E-state index is 0.132. The number of aryl methyl sites for hydroxylation is 1. The van der Waals surface area contributed by atoms with Gasteiger partial charge in [-0.3, -0.25) is 4.79 Å². The van der Waals surface area contributed by atoms with E-state index in [-0.39, 0.29) is 5.78 Å². The number of carbonyl (C=O) groups is 1. The summed E-state index contributed by atoms with van der Waals surface area (Å²) in [4.78, 5) is 13.1. The molecule has 0 amide bonds. The highest BCUT2D eigenvalue weighted by atomic mass is 16.3. The molecule has 0 aromatic heterocycles. The SMILES string of the molecule is CCCN(C)CC(CC)CO.CCc1ccc(C(C)=O)cc1. The van der Waals surface area contributed by atoms with E-state index in [2.05, 4.69) is 32.7 Å². The molecule has 22 heavy (non-hydrogen) atoms. The molecule has 1 atom stereocenters. The Morgan fingerprint density at radius 3 is 2.14 bits per heavy atom. The van der Waals surface area contributed by atoms with Gasteiger partial charge in [0.1, 0.15) is 0 Å². The first-order valence-electron chi connectivity index (χ1n) is 8.37. The van der Waals surface area contributed by atoms with Gasteiger partial charge in [-0.05, 0) is 51.3 Å². The quantitative estimate of drug-likeness (QED) is 0.743. The van der Waals surface area contributed by atoms with E-state index >= 15 is 0 Å². The Hall–Kier alpha value is -1.19. The van der Waals surface area contributed by atoms with E-state index < -0.39 is 0 Å². The molecule has 0 fully saturated rings. The molecule has 1 aromatic carbocycles. The van der Waals surface area contributed by atoms with E-state index in [1.165, 1.54) is 12.0 Å². The summed E-state index contributed by atoms with van der Waals surface area (Å²) in [6, 6.07) is 7.75. The van der Waals surface area contributed by atoms with E-state index in [1.807, 2.05) is 24.3 Å². The zero-order valence-electron chi connectivity index (χ0n) is 14.9. The molecule has 0 spiro atoms. The molecule has 126 valence electrons. The summed E-state index contributed by atoms with van der Waals surface area (Å²) < 4.78 is 0. The van der Waals surface area contributed by atoms with E-state index in [9.17, 15) is 4.79 Å². The third-order valence-electron chi connectivity index (χ3n) is 3.78. The third-order valence-corrected chi connectivity index (χ3v) is 3.78. The van der Waals surface area contributed by atoms with Crippen molar-refractivity contribution in [3.63, 3.8) is 0 Å². The molecule has 3 nitrogen and oxygen atoms in total. The first-order chi connectivity index (χ1) is 10.5. The molecule has 0 radical (unpaired) electrons. The van der Waals surface area contributed by atoms with Gasteiger partial charge in [-0.15, -0.1) is 0 Å². The number of benzene rings is 1. The molecule has 1 rings (SSSR count). The number of hydrogen-bond donors (Lipinski definition) is 1. The smallest absolute Gasteiger partial charge is 0.159 e. The Morgan fingerprint density at radius 1 is 1.18 bits per heavy atom. The number of nitrogens with zero attached hydrogens (tertiary/aromatic N) is 1. The van der Waals surface area contributed by atoms with Crippen molar-refractivity contribution in [1.29, 1.82) is 0 Å². The van der Waals surface area contributed by atoms with Crippen molar-refractivity contribution in [1.82, 2.24) is 4.90 Å². The number of aliphatic hydroxyl groups excluding tert-OH is 1. The summed E-state index contributed by atoms with van der Waals surface area (Å²) in [6.45, 7) is 10.5. The molecule has 0 aliphatic heterocycles. The number of ketones is 1. The summed E-state index contributed by atoms with van der Waals surface area (Å²) in [5.41, 5.74) is 2.07. The zero-order chi connectivity index (χ0) is 17.0. The molecule has 0 aliphatic carbocycles. The normalized spacial score (nSPS) is 11.8. The Kier molecular flexibility index (Phi) is 11.7. The van der Waals surface area contributed by atoms with Crippen LogP contribution in [0.25, 0.3) is 0 Å². The fraction of sp³-hybridized carbons (Fsp3) is 0.632. The van der Waals surface area contributed by atoms with Gasteiger partial charge < -0.3 is 10.0 Å². The second-order valence-corrected chi connectivity index (χ2v) is 5.83. The van der Waals surface area contributed by atoms with Crippen molar-refractivity contribution < 1.29 is 9.90 Å². The maximum atomic E-state index is 10.8. The fourth-order valence-corrected chi connectivity index (χ4v) is 2.20. The molecular weight excluding hydrogens is 274 g/mol.